The zero-order valence-corrected chi connectivity index (χ0v) is 10.1. The van der Waals surface area contributed by atoms with Gasteiger partial charge in [0.1, 0.15) is 4.88 Å². The SMILES string of the molecule is Cc1ncsc1C(=O)NC(CN)C(C)C. The van der Waals surface area contributed by atoms with E-state index in [0.29, 0.717) is 17.3 Å². The fraction of sp³-hybridized carbons (Fsp3) is 0.600. The summed E-state index contributed by atoms with van der Waals surface area (Å²) in [6.07, 6.45) is 0. The van der Waals surface area contributed by atoms with E-state index in [0.717, 1.165) is 5.69 Å². The number of aryl methyl sites for hydroxylation is 1. The first-order chi connectivity index (χ1) is 7.06. The molecular formula is C10H17N3OS. The van der Waals surface area contributed by atoms with Gasteiger partial charge < -0.3 is 11.1 Å². The Hall–Kier alpha value is -0.940. The molecule has 1 aromatic heterocycles. The largest absolute Gasteiger partial charge is 0.347 e. The molecule has 5 heteroatoms. The molecule has 1 atom stereocenters. The predicted octanol–water partition coefficient (Wildman–Crippen LogP) is 1.16. The molecule has 1 heterocycles. The number of hydrogen-bond acceptors (Lipinski definition) is 4. The molecule has 1 amide bonds. The molecule has 0 bridgehead atoms. The molecule has 0 aliphatic heterocycles. The van der Waals surface area contributed by atoms with Gasteiger partial charge >= 0.3 is 0 Å². The monoisotopic (exact) mass is 227 g/mol. The fourth-order valence-electron chi connectivity index (χ4n) is 1.25. The number of thiazole rings is 1. The molecule has 4 nitrogen and oxygen atoms in total. The van der Waals surface area contributed by atoms with Crippen molar-refractivity contribution in [3.8, 4) is 0 Å². The lowest BCUT2D eigenvalue weighted by atomic mass is 10.0. The van der Waals surface area contributed by atoms with Crippen LogP contribution in [0.5, 0.6) is 0 Å². The number of carbonyl (C=O) groups is 1. The molecular weight excluding hydrogens is 210 g/mol. The van der Waals surface area contributed by atoms with Crippen LogP contribution in [0.15, 0.2) is 5.51 Å². The van der Waals surface area contributed by atoms with Crippen LogP contribution in [-0.2, 0) is 0 Å². The number of nitrogens with two attached hydrogens (primary N) is 1. The van der Waals surface area contributed by atoms with E-state index in [1.54, 1.807) is 5.51 Å². The maximum atomic E-state index is 11.8. The minimum Gasteiger partial charge on any atom is -0.347 e. The van der Waals surface area contributed by atoms with Crippen LogP contribution >= 0.6 is 11.3 Å². The van der Waals surface area contributed by atoms with Gasteiger partial charge in [0.2, 0.25) is 0 Å². The third kappa shape index (κ3) is 3.00. The lowest BCUT2D eigenvalue weighted by Gasteiger charge is -2.20. The average molecular weight is 227 g/mol. The van der Waals surface area contributed by atoms with Gasteiger partial charge in [0.05, 0.1) is 11.2 Å². The number of carbonyl (C=O) groups excluding carboxylic acids is 1. The second-order valence-corrected chi connectivity index (χ2v) is 4.68. The van der Waals surface area contributed by atoms with Crippen molar-refractivity contribution in [3.05, 3.63) is 16.1 Å². The first-order valence-corrected chi connectivity index (χ1v) is 5.85. The first kappa shape index (κ1) is 12.1. The third-order valence-corrected chi connectivity index (χ3v) is 3.25. The van der Waals surface area contributed by atoms with E-state index >= 15 is 0 Å². The highest BCUT2D eigenvalue weighted by Crippen LogP contribution is 2.12. The van der Waals surface area contributed by atoms with E-state index in [2.05, 4.69) is 10.3 Å². The molecule has 0 spiro atoms. The number of hydrogen-bond donors (Lipinski definition) is 2. The molecule has 1 unspecified atom stereocenters. The normalized spacial score (nSPS) is 12.9. The molecule has 0 saturated carbocycles. The molecule has 1 rings (SSSR count). The summed E-state index contributed by atoms with van der Waals surface area (Å²) < 4.78 is 0. The van der Waals surface area contributed by atoms with Crippen molar-refractivity contribution in [3.63, 3.8) is 0 Å². The van der Waals surface area contributed by atoms with Crippen LogP contribution in [0.1, 0.15) is 29.2 Å². The summed E-state index contributed by atoms with van der Waals surface area (Å²) in [6.45, 7) is 6.37. The molecule has 0 radical (unpaired) electrons. The molecule has 0 aliphatic rings. The van der Waals surface area contributed by atoms with Gasteiger partial charge in [-0.3, -0.25) is 4.79 Å². The highest BCUT2D eigenvalue weighted by atomic mass is 32.1. The van der Waals surface area contributed by atoms with Crippen molar-refractivity contribution in [1.29, 1.82) is 0 Å². The molecule has 0 saturated heterocycles. The van der Waals surface area contributed by atoms with Gasteiger partial charge in [-0.25, -0.2) is 4.98 Å². The van der Waals surface area contributed by atoms with E-state index in [1.807, 2.05) is 20.8 Å². The fourth-order valence-corrected chi connectivity index (χ4v) is 1.96. The first-order valence-electron chi connectivity index (χ1n) is 4.97. The molecule has 0 fully saturated rings. The van der Waals surface area contributed by atoms with Crippen molar-refractivity contribution in [2.24, 2.45) is 11.7 Å². The van der Waals surface area contributed by atoms with Gasteiger partial charge in [-0.2, -0.15) is 0 Å². The van der Waals surface area contributed by atoms with E-state index < -0.39 is 0 Å². The number of nitrogens with one attached hydrogen (secondary N) is 1. The maximum absolute atomic E-state index is 11.8. The molecule has 15 heavy (non-hydrogen) atoms. The van der Waals surface area contributed by atoms with Gasteiger partial charge in [0, 0.05) is 12.6 Å². The number of rotatable bonds is 4. The number of aromatic nitrogens is 1. The van der Waals surface area contributed by atoms with E-state index in [1.165, 1.54) is 11.3 Å². The number of nitrogens with zero attached hydrogens (tertiary/aromatic N) is 1. The Balaban J connectivity index is 2.67. The van der Waals surface area contributed by atoms with Crippen LogP contribution in [0.3, 0.4) is 0 Å². The smallest absolute Gasteiger partial charge is 0.263 e. The van der Waals surface area contributed by atoms with Crippen molar-refractivity contribution in [2.45, 2.75) is 26.8 Å². The minimum atomic E-state index is -0.0702. The highest BCUT2D eigenvalue weighted by Gasteiger charge is 2.17. The highest BCUT2D eigenvalue weighted by molar-refractivity contribution is 7.11. The summed E-state index contributed by atoms with van der Waals surface area (Å²) in [6, 6.07) is 0.0269. The van der Waals surface area contributed by atoms with Crippen LogP contribution in [0.25, 0.3) is 0 Å². The molecule has 0 aromatic carbocycles. The molecule has 3 N–H and O–H groups in total. The van der Waals surface area contributed by atoms with Gasteiger partial charge in [-0.05, 0) is 12.8 Å². The summed E-state index contributed by atoms with van der Waals surface area (Å²) >= 11 is 1.36. The van der Waals surface area contributed by atoms with Crippen molar-refractivity contribution >= 4 is 17.2 Å². The number of amides is 1. The maximum Gasteiger partial charge on any atom is 0.263 e. The van der Waals surface area contributed by atoms with Crippen molar-refractivity contribution in [1.82, 2.24) is 10.3 Å². The lowest BCUT2D eigenvalue weighted by molar-refractivity contribution is 0.0931. The Morgan fingerprint density at radius 2 is 2.33 bits per heavy atom. The Morgan fingerprint density at radius 1 is 1.67 bits per heavy atom. The Morgan fingerprint density at radius 3 is 2.73 bits per heavy atom. The quantitative estimate of drug-likeness (QED) is 0.811. The summed E-state index contributed by atoms with van der Waals surface area (Å²) in [5.41, 5.74) is 8.04. The minimum absolute atomic E-state index is 0.0269. The second kappa shape index (κ2) is 5.23. The summed E-state index contributed by atoms with van der Waals surface area (Å²) in [7, 11) is 0. The van der Waals surface area contributed by atoms with Gasteiger partial charge in [0.15, 0.2) is 0 Å². The van der Waals surface area contributed by atoms with Crippen LogP contribution in [0.2, 0.25) is 0 Å². The van der Waals surface area contributed by atoms with Gasteiger partial charge in [-0.1, -0.05) is 13.8 Å². The zero-order valence-electron chi connectivity index (χ0n) is 9.28. The van der Waals surface area contributed by atoms with Crippen LogP contribution in [-0.4, -0.2) is 23.5 Å². The molecule has 84 valence electrons. The summed E-state index contributed by atoms with van der Waals surface area (Å²) in [5, 5.41) is 2.92. The summed E-state index contributed by atoms with van der Waals surface area (Å²) in [5.74, 6) is 0.270. The van der Waals surface area contributed by atoms with Crippen LogP contribution < -0.4 is 11.1 Å². The predicted molar refractivity (Wildman–Crippen MR) is 62.0 cm³/mol. The molecule has 0 aliphatic carbocycles. The van der Waals surface area contributed by atoms with E-state index in [4.69, 9.17) is 5.73 Å². The summed E-state index contributed by atoms with van der Waals surface area (Å²) in [4.78, 5) is 16.5. The van der Waals surface area contributed by atoms with Crippen molar-refractivity contribution in [2.75, 3.05) is 6.54 Å². The van der Waals surface area contributed by atoms with Gasteiger partial charge in [0.25, 0.3) is 5.91 Å². The second-order valence-electron chi connectivity index (χ2n) is 3.83. The Kier molecular flexibility index (Phi) is 4.23. The van der Waals surface area contributed by atoms with E-state index in [9.17, 15) is 4.79 Å². The zero-order chi connectivity index (χ0) is 11.4. The molecule has 1 aromatic rings. The lowest BCUT2D eigenvalue weighted by Crippen LogP contribution is -2.43. The van der Waals surface area contributed by atoms with Crippen LogP contribution in [0.4, 0.5) is 0 Å². The topological polar surface area (TPSA) is 68.0 Å². The average Bonchev–Trinajstić information content (AvgIpc) is 2.60. The van der Waals surface area contributed by atoms with E-state index in [-0.39, 0.29) is 11.9 Å². The third-order valence-electron chi connectivity index (χ3n) is 2.33. The Bertz CT molecular complexity index is 335. The van der Waals surface area contributed by atoms with Crippen molar-refractivity contribution < 1.29 is 4.79 Å². The van der Waals surface area contributed by atoms with Gasteiger partial charge in [-0.15, -0.1) is 11.3 Å². The Labute approximate surface area is 93.9 Å². The van der Waals surface area contributed by atoms with Crippen LogP contribution in [0, 0.1) is 12.8 Å². The standard InChI is InChI=1S/C10H17N3OS/c1-6(2)8(4-11)13-10(14)9-7(3)12-5-15-9/h5-6,8H,4,11H2,1-3H3,(H,13,14).